The van der Waals surface area contributed by atoms with Gasteiger partial charge in [0.15, 0.2) is 0 Å². The molecule has 2 unspecified atom stereocenters. The topological polar surface area (TPSA) is 67.4 Å². The number of hydrogen-bond acceptors (Lipinski definition) is 4. The smallest absolute Gasteiger partial charge is 0.318 e. The van der Waals surface area contributed by atoms with Crippen LogP contribution in [0.2, 0.25) is 0 Å². The number of likely N-dealkylation sites (tertiary alicyclic amines) is 1. The number of ether oxygens (including phenoxy) is 1. The van der Waals surface area contributed by atoms with Crippen molar-refractivity contribution in [2.75, 3.05) is 13.1 Å². The van der Waals surface area contributed by atoms with Gasteiger partial charge in [-0.15, -0.1) is 0 Å². The lowest BCUT2D eigenvalue weighted by Crippen LogP contribution is -2.42. The number of amides is 2. The number of rotatable bonds is 5. The van der Waals surface area contributed by atoms with Crippen molar-refractivity contribution in [2.24, 2.45) is 5.92 Å². The average Bonchev–Trinajstić information content (AvgIpc) is 3.09. The zero-order chi connectivity index (χ0) is 17.6. The van der Waals surface area contributed by atoms with Crippen molar-refractivity contribution < 1.29 is 9.53 Å². The molecule has 1 fully saturated rings. The van der Waals surface area contributed by atoms with Gasteiger partial charge in [-0.1, -0.05) is 19.9 Å². The lowest BCUT2D eigenvalue weighted by atomic mass is 10.0. The van der Waals surface area contributed by atoms with Crippen molar-refractivity contribution in [2.45, 2.75) is 32.4 Å². The van der Waals surface area contributed by atoms with E-state index in [2.05, 4.69) is 29.1 Å². The molecule has 1 aliphatic heterocycles. The van der Waals surface area contributed by atoms with E-state index in [1.807, 2.05) is 30.3 Å². The molecule has 0 aromatic carbocycles. The number of urea groups is 1. The maximum absolute atomic E-state index is 12.7. The Hall–Kier alpha value is -2.63. The van der Waals surface area contributed by atoms with E-state index in [-0.39, 0.29) is 24.1 Å². The lowest BCUT2D eigenvalue weighted by molar-refractivity contribution is 0.181. The molecule has 1 N–H and O–H groups in total. The number of pyridine rings is 2. The van der Waals surface area contributed by atoms with Gasteiger partial charge >= 0.3 is 6.03 Å². The third-order valence-electron chi connectivity index (χ3n) is 4.32. The Morgan fingerprint density at radius 3 is 2.84 bits per heavy atom. The number of carbonyl (C=O) groups excluding carboxylic acids is 1. The Morgan fingerprint density at radius 2 is 2.16 bits per heavy atom. The van der Waals surface area contributed by atoms with Gasteiger partial charge < -0.3 is 15.0 Å². The first kappa shape index (κ1) is 17.2. The summed E-state index contributed by atoms with van der Waals surface area (Å²) in [5.41, 5.74) is 0.883. The summed E-state index contributed by atoms with van der Waals surface area (Å²) in [6.45, 7) is 5.42. The van der Waals surface area contributed by atoms with E-state index in [4.69, 9.17) is 4.74 Å². The van der Waals surface area contributed by atoms with Crippen LogP contribution < -0.4 is 10.1 Å². The molecule has 25 heavy (non-hydrogen) atoms. The van der Waals surface area contributed by atoms with E-state index < -0.39 is 0 Å². The first-order chi connectivity index (χ1) is 12.1. The molecule has 6 heteroatoms. The number of aromatic nitrogens is 2. The van der Waals surface area contributed by atoms with Crippen LogP contribution in [-0.4, -0.2) is 40.1 Å². The van der Waals surface area contributed by atoms with Gasteiger partial charge in [-0.2, -0.15) is 0 Å². The summed E-state index contributed by atoms with van der Waals surface area (Å²) in [6.07, 6.45) is 5.98. The molecule has 3 heterocycles. The Bertz CT molecular complexity index is 678. The second-order valence-corrected chi connectivity index (χ2v) is 6.59. The molecular formula is C19H24N4O2. The summed E-state index contributed by atoms with van der Waals surface area (Å²) < 4.78 is 5.90. The summed E-state index contributed by atoms with van der Waals surface area (Å²) in [6, 6.07) is 9.32. The molecule has 0 radical (unpaired) electrons. The van der Waals surface area contributed by atoms with Gasteiger partial charge in [0.2, 0.25) is 0 Å². The molecule has 132 valence electrons. The molecule has 0 spiro atoms. The summed E-state index contributed by atoms with van der Waals surface area (Å²) in [7, 11) is 0. The van der Waals surface area contributed by atoms with Crippen molar-refractivity contribution in [1.29, 1.82) is 0 Å². The fraction of sp³-hybridized carbons (Fsp3) is 0.421. The third kappa shape index (κ3) is 4.47. The van der Waals surface area contributed by atoms with Gasteiger partial charge in [0.25, 0.3) is 0 Å². The highest BCUT2D eigenvalue weighted by molar-refractivity contribution is 5.75. The minimum Gasteiger partial charge on any atom is -0.487 e. The summed E-state index contributed by atoms with van der Waals surface area (Å²) in [5, 5.41) is 3.12. The van der Waals surface area contributed by atoms with Crippen LogP contribution >= 0.6 is 0 Å². The van der Waals surface area contributed by atoms with Gasteiger partial charge in [0.1, 0.15) is 11.9 Å². The third-order valence-corrected chi connectivity index (χ3v) is 4.32. The number of hydrogen-bond donors (Lipinski definition) is 1. The van der Waals surface area contributed by atoms with Crippen molar-refractivity contribution in [3.63, 3.8) is 0 Å². The van der Waals surface area contributed by atoms with Crippen LogP contribution in [0.5, 0.6) is 5.75 Å². The second kappa shape index (κ2) is 7.96. The standard InChI is InChI=1S/C19H24N4O2/c1-14(2)18(17-7-3-4-10-21-17)22-19(24)23-11-8-16(13-23)25-15-6-5-9-20-12-15/h3-7,9-10,12,14,16,18H,8,11,13H2,1-2H3,(H,22,24). The Labute approximate surface area is 148 Å². The second-order valence-electron chi connectivity index (χ2n) is 6.59. The van der Waals surface area contributed by atoms with Gasteiger partial charge in [0, 0.05) is 25.4 Å². The van der Waals surface area contributed by atoms with Crippen LogP contribution in [0.1, 0.15) is 32.0 Å². The summed E-state index contributed by atoms with van der Waals surface area (Å²) >= 11 is 0. The van der Waals surface area contributed by atoms with Gasteiger partial charge in [-0.3, -0.25) is 9.97 Å². The molecule has 0 bridgehead atoms. The van der Waals surface area contributed by atoms with E-state index in [9.17, 15) is 4.79 Å². The van der Waals surface area contributed by atoms with E-state index in [0.29, 0.717) is 13.1 Å². The highest BCUT2D eigenvalue weighted by Crippen LogP contribution is 2.22. The molecule has 1 saturated heterocycles. The zero-order valence-corrected chi connectivity index (χ0v) is 14.6. The lowest BCUT2D eigenvalue weighted by Gasteiger charge is -2.25. The van der Waals surface area contributed by atoms with Crippen molar-refractivity contribution >= 4 is 6.03 Å². The molecule has 0 saturated carbocycles. The van der Waals surface area contributed by atoms with Crippen LogP contribution in [0.4, 0.5) is 4.79 Å². The van der Waals surface area contributed by atoms with Gasteiger partial charge in [0.05, 0.1) is 24.5 Å². The quantitative estimate of drug-likeness (QED) is 0.908. The molecule has 0 aliphatic carbocycles. The van der Waals surface area contributed by atoms with Crippen molar-refractivity contribution in [3.05, 3.63) is 54.6 Å². The molecule has 2 amide bonds. The highest BCUT2D eigenvalue weighted by Gasteiger charge is 2.30. The van der Waals surface area contributed by atoms with Crippen molar-refractivity contribution in [1.82, 2.24) is 20.2 Å². The molecule has 2 aromatic heterocycles. The van der Waals surface area contributed by atoms with E-state index >= 15 is 0 Å². The van der Waals surface area contributed by atoms with Crippen LogP contribution in [-0.2, 0) is 0 Å². The maximum atomic E-state index is 12.7. The molecule has 2 aromatic rings. The van der Waals surface area contributed by atoms with Crippen LogP contribution in [0, 0.1) is 5.92 Å². The normalized spacial score (nSPS) is 18.2. The number of carbonyl (C=O) groups is 1. The van der Waals surface area contributed by atoms with Crippen LogP contribution in [0.25, 0.3) is 0 Å². The predicted molar refractivity (Wildman–Crippen MR) is 95.2 cm³/mol. The van der Waals surface area contributed by atoms with Crippen LogP contribution in [0.15, 0.2) is 48.9 Å². The summed E-state index contributed by atoms with van der Waals surface area (Å²) in [4.78, 5) is 22.9. The average molecular weight is 340 g/mol. The first-order valence-corrected chi connectivity index (χ1v) is 8.66. The molecule has 6 nitrogen and oxygen atoms in total. The van der Waals surface area contributed by atoms with E-state index in [1.165, 1.54) is 0 Å². The van der Waals surface area contributed by atoms with Crippen molar-refractivity contribution in [3.8, 4) is 5.75 Å². The van der Waals surface area contributed by atoms with Gasteiger partial charge in [-0.25, -0.2) is 4.79 Å². The molecule has 2 atom stereocenters. The largest absolute Gasteiger partial charge is 0.487 e. The van der Waals surface area contributed by atoms with E-state index in [1.54, 1.807) is 23.5 Å². The van der Waals surface area contributed by atoms with E-state index in [0.717, 1.165) is 17.9 Å². The Balaban J connectivity index is 1.58. The first-order valence-electron chi connectivity index (χ1n) is 8.66. The zero-order valence-electron chi connectivity index (χ0n) is 14.6. The highest BCUT2D eigenvalue weighted by atomic mass is 16.5. The molecule has 3 rings (SSSR count). The fourth-order valence-corrected chi connectivity index (χ4v) is 2.98. The maximum Gasteiger partial charge on any atom is 0.318 e. The summed E-state index contributed by atoms with van der Waals surface area (Å²) in [5.74, 6) is 0.993. The SMILES string of the molecule is CC(C)C(NC(=O)N1CCC(Oc2cccnc2)C1)c1ccccn1. The Morgan fingerprint density at radius 1 is 1.28 bits per heavy atom. The molecular weight excluding hydrogens is 316 g/mol. The Kier molecular flexibility index (Phi) is 5.48. The fourth-order valence-electron chi connectivity index (χ4n) is 2.98. The minimum atomic E-state index is -0.105. The number of nitrogens with one attached hydrogen (secondary N) is 1. The monoisotopic (exact) mass is 340 g/mol. The van der Waals surface area contributed by atoms with Gasteiger partial charge in [-0.05, 0) is 30.2 Å². The predicted octanol–water partition coefficient (Wildman–Crippen LogP) is 3.04. The minimum absolute atomic E-state index is 0.00213. The molecule has 1 aliphatic rings. The number of nitrogens with zero attached hydrogens (tertiary/aromatic N) is 3. The van der Waals surface area contributed by atoms with Crippen LogP contribution in [0.3, 0.4) is 0 Å².